The number of nitrogens with zero attached hydrogens (tertiary/aromatic N) is 1. The van der Waals surface area contributed by atoms with Crippen molar-refractivity contribution in [3.05, 3.63) is 34.9 Å². The number of amides is 2. The van der Waals surface area contributed by atoms with Gasteiger partial charge in [-0.15, -0.1) is 0 Å². The van der Waals surface area contributed by atoms with Gasteiger partial charge in [-0.05, 0) is 44.2 Å². The minimum absolute atomic E-state index is 0.00187. The number of benzene rings is 1. The van der Waals surface area contributed by atoms with Crippen LogP contribution in [0.1, 0.15) is 32.3 Å². The molecule has 4 nitrogen and oxygen atoms in total. The van der Waals surface area contributed by atoms with E-state index < -0.39 is 5.54 Å². The molecule has 0 bridgehead atoms. The van der Waals surface area contributed by atoms with Crippen molar-refractivity contribution in [3.8, 4) is 0 Å². The Balaban J connectivity index is 1.90. The second-order valence-corrected chi connectivity index (χ2v) is 6.77. The number of hydrogen-bond donors (Lipinski definition) is 1. The summed E-state index contributed by atoms with van der Waals surface area (Å²) in [6.07, 6.45) is 2.02. The second kappa shape index (κ2) is 5.02. The normalized spacial score (nSPS) is 24.9. The number of hydrogen-bond acceptors (Lipinski definition) is 2. The molecule has 0 radical (unpaired) electrons. The van der Waals surface area contributed by atoms with E-state index in [1.807, 2.05) is 18.2 Å². The largest absolute Gasteiger partial charge is 0.342 e. The van der Waals surface area contributed by atoms with Crippen LogP contribution in [-0.2, 0) is 16.1 Å². The third-order valence-corrected chi connectivity index (χ3v) is 4.80. The molecule has 1 heterocycles. The highest BCUT2D eigenvalue weighted by atomic mass is 35.5. The molecule has 1 saturated carbocycles. The van der Waals surface area contributed by atoms with Crippen molar-refractivity contribution in [2.45, 2.75) is 44.8 Å². The molecule has 1 unspecified atom stereocenters. The molecule has 21 heavy (non-hydrogen) atoms. The molecule has 2 fully saturated rings. The van der Waals surface area contributed by atoms with E-state index in [-0.39, 0.29) is 17.9 Å². The fourth-order valence-corrected chi connectivity index (χ4v) is 2.96. The maximum atomic E-state index is 12.8. The summed E-state index contributed by atoms with van der Waals surface area (Å²) in [5, 5.41) is 3.51. The third kappa shape index (κ3) is 2.53. The smallest absolute Gasteiger partial charge is 0.246 e. The molecular weight excluding hydrogens is 288 g/mol. The van der Waals surface area contributed by atoms with E-state index in [2.05, 4.69) is 5.32 Å². The molecule has 112 valence electrons. The average Bonchev–Trinajstić information content (AvgIpc) is 3.25. The molecular formula is C16H19ClN2O2. The standard InChI is InChI=1S/C16H19ClN2O2/c1-16(2)15(21)18-13(10-7-8-10)14(20)19(16)9-11-5-3-4-6-12(11)17/h3-6,10,13H,7-9H2,1-2H3,(H,18,21). The highest BCUT2D eigenvalue weighted by Gasteiger charge is 2.50. The van der Waals surface area contributed by atoms with Crippen LogP contribution in [0, 0.1) is 5.92 Å². The van der Waals surface area contributed by atoms with E-state index in [4.69, 9.17) is 11.6 Å². The van der Waals surface area contributed by atoms with E-state index in [0.717, 1.165) is 18.4 Å². The van der Waals surface area contributed by atoms with Gasteiger partial charge in [0.15, 0.2) is 0 Å². The highest BCUT2D eigenvalue weighted by Crippen LogP contribution is 2.37. The Kier molecular flexibility index (Phi) is 3.44. The fraction of sp³-hybridized carbons (Fsp3) is 0.500. The first-order valence-corrected chi connectivity index (χ1v) is 7.65. The predicted molar refractivity (Wildman–Crippen MR) is 80.7 cm³/mol. The predicted octanol–water partition coefficient (Wildman–Crippen LogP) is 2.36. The summed E-state index contributed by atoms with van der Waals surface area (Å²) in [6.45, 7) is 3.92. The summed E-state index contributed by atoms with van der Waals surface area (Å²) in [7, 11) is 0. The quantitative estimate of drug-likeness (QED) is 0.932. The molecule has 1 aromatic rings. The van der Waals surface area contributed by atoms with Crippen LogP contribution in [0.4, 0.5) is 0 Å². The van der Waals surface area contributed by atoms with Gasteiger partial charge in [0.2, 0.25) is 11.8 Å². The Bertz CT molecular complexity index is 596. The zero-order valence-corrected chi connectivity index (χ0v) is 13.0. The highest BCUT2D eigenvalue weighted by molar-refractivity contribution is 6.31. The molecule has 1 aliphatic carbocycles. The number of piperazine rings is 1. The molecule has 1 N–H and O–H groups in total. The topological polar surface area (TPSA) is 49.4 Å². The number of nitrogens with one attached hydrogen (secondary N) is 1. The fourth-order valence-electron chi connectivity index (χ4n) is 2.77. The lowest BCUT2D eigenvalue weighted by atomic mass is 9.93. The number of carbonyl (C=O) groups excluding carboxylic acids is 2. The summed E-state index contributed by atoms with van der Waals surface area (Å²) in [5.41, 5.74) is 0.00611. The van der Waals surface area contributed by atoms with E-state index in [9.17, 15) is 9.59 Å². The van der Waals surface area contributed by atoms with Crippen LogP contribution < -0.4 is 5.32 Å². The number of halogens is 1. The zero-order valence-electron chi connectivity index (χ0n) is 12.2. The van der Waals surface area contributed by atoms with Gasteiger partial charge in [0, 0.05) is 11.6 Å². The molecule has 0 spiro atoms. The lowest BCUT2D eigenvalue weighted by Crippen LogP contribution is -2.68. The first kappa shape index (κ1) is 14.4. The molecule has 1 atom stereocenters. The van der Waals surface area contributed by atoms with Crippen molar-refractivity contribution in [2.75, 3.05) is 0 Å². The van der Waals surface area contributed by atoms with Gasteiger partial charge in [-0.2, -0.15) is 0 Å². The monoisotopic (exact) mass is 306 g/mol. The van der Waals surface area contributed by atoms with Gasteiger partial charge in [-0.3, -0.25) is 9.59 Å². The van der Waals surface area contributed by atoms with Crippen LogP contribution in [0.5, 0.6) is 0 Å². The van der Waals surface area contributed by atoms with E-state index >= 15 is 0 Å². The van der Waals surface area contributed by atoms with E-state index in [1.54, 1.807) is 24.8 Å². The zero-order chi connectivity index (χ0) is 15.2. The Morgan fingerprint density at radius 1 is 1.29 bits per heavy atom. The molecule has 1 aliphatic heterocycles. The van der Waals surface area contributed by atoms with Crippen LogP contribution in [0.15, 0.2) is 24.3 Å². The van der Waals surface area contributed by atoms with Crippen molar-refractivity contribution in [2.24, 2.45) is 5.92 Å². The lowest BCUT2D eigenvalue weighted by Gasteiger charge is -2.44. The van der Waals surface area contributed by atoms with E-state index in [0.29, 0.717) is 17.5 Å². The van der Waals surface area contributed by atoms with Crippen LogP contribution in [0.2, 0.25) is 5.02 Å². The number of carbonyl (C=O) groups is 2. The number of rotatable bonds is 3. The molecule has 3 rings (SSSR count). The summed E-state index contributed by atoms with van der Waals surface area (Å²) >= 11 is 6.19. The summed E-state index contributed by atoms with van der Waals surface area (Å²) in [5.74, 6) is 0.208. The summed E-state index contributed by atoms with van der Waals surface area (Å²) < 4.78 is 0. The van der Waals surface area contributed by atoms with Crippen molar-refractivity contribution in [1.82, 2.24) is 10.2 Å². The van der Waals surface area contributed by atoms with Gasteiger partial charge in [-0.25, -0.2) is 0 Å². The van der Waals surface area contributed by atoms with Crippen LogP contribution in [0.25, 0.3) is 0 Å². The van der Waals surface area contributed by atoms with E-state index in [1.165, 1.54) is 0 Å². The van der Waals surface area contributed by atoms with Gasteiger partial charge in [0.25, 0.3) is 0 Å². The van der Waals surface area contributed by atoms with Crippen molar-refractivity contribution < 1.29 is 9.59 Å². The summed E-state index contributed by atoms with van der Waals surface area (Å²) in [6, 6.07) is 7.07. The molecule has 1 aromatic carbocycles. The van der Waals surface area contributed by atoms with Crippen LogP contribution in [0.3, 0.4) is 0 Å². The Morgan fingerprint density at radius 3 is 2.57 bits per heavy atom. The molecule has 5 heteroatoms. The van der Waals surface area contributed by atoms with Crippen LogP contribution in [-0.4, -0.2) is 28.3 Å². The van der Waals surface area contributed by atoms with Gasteiger partial charge in [-0.1, -0.05) is 29.8 Å². The Hall–Kier alpha value is -1.55. The van der Waals surface area contributed by atoms with Crippen molar-refractivity contribution >= 4 is 23.4 Å². The van der Waals surface area contributed by atoms with Gasteiger partial charge >= 0.3 is 0 Å². The SMILES string of the molecule is CC1(C)C(=O)NC(C2CC2)C(=O)N1Cc1ccccc1Cl. The van der Waals surface area contributed by atoms with Gasteiger partial charge < -0.3 is 10.2 Å². The Morgan fingerprint density at radius 2 is 1.95 bits per heavy atom. The minimum atomic E-state index is -0.859. The minimum Gasteiger partial charge on any atom is -0.342 e. The Labute approximate surface area is 129 Å². The van der Waals surface area contributed by atoms with Gasteiger partial charge in [0.05, 0.1) is 0 Å². The first-order valence-electron chi connectivity index (χ1n) is 7.27. The van der Waals surface area contributed by atoms with Crippen LogP contribution >= 0.6 is 11.6 Å². The van der Waals surface area contributed by atoms with Crippen molar-refractivity contribution in [3.63, 3.8) is 0 Å². The molecule has 2 amide bonds. The lowest BCUT2D eigenvalue weighted by molar-refractivity contribution is -0.156. The summed E-state index contributed by atoms with van der Waals surface area (Å²) in [4.78, 5) is 26.8. The molecule has 1 saturated heterocycles. The van der Waals surface area contributed by atoms with Gasteiger partial charge in [0.1, 0.15) is 11.6 Å². The molecule has 0 aromatic heterocycles. The first-order chi connectivity index (χ1) is 9.91. The third-order valence-electron chi connectivity index (χ3n) is 4.43. The molecule has 2 aliphatic rings. The second-order valence-electron chi connectivity index (χ2n) is 6.36. The maximum absolute atomic E-state index is 12.8. The average molecular weight is 307 g/mol. The van der Waals surface area contributed by atoms with Crippen molar-refractivity contribution in [1.29, 1.82) is 0 Å². The maximum Gasteiger partial charge on any atom is 0.246 e.